The minimum absolute atomic E-state index is 0.601. The van der Waals surface area contributed by atoms with Gasteiger partial charge >= 0.3 is 0 Å². The average Bonchev–Trinajstić information content (AvgIpc) is 3.20. The molecule has 0 atom stereocenters. The molecule has 0 saturated heterocycles. The van der Waals surface area contributed by atoms with Crippen LogP contribution in [-0.2, 0) is 0 Å². The molecule has 0 bridgehead atoms. The first-order chi connectivity index (χ1) is 10.9. The fraction of sp³-hybridized carbons (Fsp3) is 0. The smallest absolute Gasteiger partial charge is 0.219 e. The SMILES string of the molecule is C(=C\c1nc(-c2c[nH]c3ccccc23)co1)/c1ccccc1. The zero-order valence-corrected chi connectivity index (χ0v) is 11.9. The lowest BCUT2D eigenvalue weighted by atomic mass is 10.1. The van der Waals surface area contributed by atoms with Crippen molar-refractivity contribution in [3.63, 3.8) is 0 Å². The summed E-state index contributed by atoms with van der Waals surface area (Å²) in [5.41, 5.74) is 4.11. The summed E-state index contributed by atoms with van der Waals surface area (Å²) in [6.07, 6.45) is 7.53. The second kappa shape index (κ2) is 5.37. The third kappa shape index (κ3) is 2.33. The lowest BCUT2D eigenvalue weighted by molar-refractivity contribution is 0.547. The molecule has 0 aliphatic rings. The van der Waals surface area contributed by atoms with Crippen LogP contribution in [0.4, 0.5) is 0 Å². The minimum atomic E-state index is 0.601. The Hall–Kier alpha value is -3.07. The summed E-state index contributed by atoms with van der Waals surface area (Å²) in [5.74, 6) is 0.601. The van der Waals surface area contributed by atoms with Gasteiger partial charge < -0.3 is 9.40 Å². The minimum Gasteiger partial charge on any atom is -0.444 e. The van der Waals surface area contributed by atoms with E-state index in [9.17, 15) is 0 Å². The number of aromatic nitrogens is 2. The third-order valence-electron chi connectivity index (χ3n) is 3.61. The highest BCUT2D eigenvalue weighted by molar-refractivity contribution is 5.94. The highest BCUT2D eigenvalue weighted by Crippen LogP contribution is 2.28. The Morgan fingerprint density at radius 1 is 0.909 bits per heavy atom. The normalized spacial score (nSPS) is 11.5. The van der Waals surface area contributed by atoms with Crippen molar-refractivity contribution in [3.8, 4) is 11.3 Å². The number of fused-ring (bicyclic) bond motifs is 1. The second-order valence-electron chi connectivity index (χ2n) is 5.06. The molecule has 0 aliphatic carbocycles. The standard InChI is InChI=1S/C19H14N2O/c1-2-6-14(7-3-1)10-11-19-21-18(13-22-19)16-12-20-17-9-5-4-8-15(16)17/h1-13,20H/b11-10+. The number of rotatable bonds is 3. The molecule has 2 aromatic carbocycles. The van der Waals surface area contributed by atoms with Crippen molar-refractivity contribution in [2.75, 3.05) is 0 Å². The maximum absolute atomic E-state index is 5.55. The summed E-state index contributed by atoms with van der Waals surface area (Å²) < 4.78 is 5.55. The van der Waals surface area contributed by atoms with Crippen LogP contribution in [0.15, 0.2) is 71.5 Å². The van der Waals surface area contributed by atoms with Crippen LogP contribution in [0.1, 0.15) is 11.5 Å². The summed E-state index contributed by atoms with van der Waals surface area (Å²) in [7, 11) is 0. The second-order valence-corrected chi connectivity index (χ2v) is 5.06. The lowest BCUT2D eigenvalue weighted by Crippen LogP contribution is -1.76. The largest absolute Gasteiger partial charge is 0.444 e. The van der Waals surface area contributed by atoms with Crippen LogP contribution in [0.3, 0.4) is 0 Å². The van der Waals surface area contributed by atoms with Crippen LogP contribution >= 0.6 is 0 Å². The first kappa shape index (κ1) is 12.7. The van der Waals surface area contributed by atoms with Gasteiger partial charge in [0.25, 0.3) is 0 Å². The van der Waals surface area contributed by atoms with Gasteiger partial charge in [-0.25, -0.2) is 4.98 Å². The molecule has 3 nitrogen and oxygen atoms in total. The number of para-hydroxylation sites is 1. The van der Waals surface area contributed by atoms with Crippen molar-refractivity contribution < 1.29 is 4.42 Å². The summed E-state index contributed by atoms with van der Waals surface area (Å²) >= 11 is 0. The summed E-state index contributed by atoms with van der Waals surface area (Å²) in [6, 6.07) is 18.3. The maximum atomic E-state index is 5.55. The first-order valence-electron chi connectivity index (χ1n) is 7.15. The number of nitrogens with one attached hydrogen (secondary N) is 1. The molecule has 0 radical (unpaired) electrons. The van der Waals surface area contributed by atoms with Gasteiger partial charge in [0.2, 0.25) is 5.89 Å². The number of oxazole rings is 1. The van der Waals surface area contributed by atoms with E-state index in [1.807, 2.05) is 60.8 Å². The molecular weight excluding hydrogens is 272 g/mol. The summed E-state index contributed by atoms with van der Waals surface area (Å²) in [6.45, 7) is 0. The molecule has 22 heavy (non-hydrogen) atoms. The lowest BCUT2D eigenvalue weighted by Gasteiger charge is -1.92. The van der Waals surface area contributed by atoms with Gasteiger partial charge in [0.15, 0.2) is 0 Å². The van der Waals surface area contributed by atoms with E-state index in [-0.39, 0.29) is 0 Å². The Morgan fingerprint density at radius 3 is 2.64 bits per heavy atom. The van der Waals surface area contributed by atoms with E-state index >= 15 is 0 Å². The molecule has 2 aromatic heterocycles. The maximum Gasteiger partial charge on any atom is 0.219 e. The van der Waals surface area contributed by atoms with Gasteiger partial charge in [0.05, 0.1) is 0 Å². The van der Waals surface area contributed by atoms with E-state index in [0.29, 0.717) is 5.89 Å². The van der Waals surface area contributed by atoms with E-state index in [1.165, 1.54) is 0 Å². The zero-order chi connectivity index (χ0) is 14.8. The molecule has 0 fully saturated rings. The Balaban J connectivity index is 1.66. The fourth-order valence-corrected chi connectivity index (χ4v) is 2.50. The van der Waals surface area contributed by atoms with Crippen molar-refractivity contribution in [2.45, 2.75) is 0 Å². The van der Waals surface area contributed by atoms with E-state index < -0.39 is 0 Å². The molecule has 0 spiro atoms. The van der Waals surface area contributed by atoms with Gasteiger partial charge in [-0.05, 0) is 17.7 Å². The van der Waals surface area contributed by atoms with Gasteiger partial charge in [-0.1, -0.05) is 48.5 Å². The van der Waals surface area contributed by atoms with E-state index in [4.69, 9.17) is 4.42 Å². The number of nitrogens with zero attached hydrogens (tertiary/aromatic N) is 1. The van der Waals surface area contributed by atoms with Crippen molar-refractivity contribution in [3.05, 3.63) is 78.5 Å². The number of hydrogen-bond donors (Lipinski definition) is 1. The van der Waals surface area contributed by atoms with Crippen LogP contribution < -0.4 is 0 Å². The predicted octanol–water partition coefficient (Wildman–Crippen LogP) is 4.99. The number of benzene rings is 2. The van der Waals surface area contributed by atoms with Gasteiger partial charge in [-0.15, -0.1) is 0 Å². The highest BCUT2D eigenvalue weighted by Gasteiger charge is 2.09. The first-order valence-corrected chi connectivity index (χ1v) is 7.15. The van der Waals surface area contributed by atoms with Crippen LogP contribution in [0.5, 0.6) is 0 Å². The van der Waals surface area contributed by atoms with Gasteiger partial charge in [0, 0.05) is 28.7 Å². The zero-order valence-electron chi connectivity index (χ0n) is 11.9. The number of hydrogen-bond acceptors (Lipinski definition) is 2. The molecule has 2 heterocycles. The summed E-state index contributed by atoms with van der Waals surface area (Å²) in [4.78, 5) is 7.80. The Morgan fingerprint density at radius 2 is 1.73 bits per heavy atom. The van der Waals surface area contributed by atoms with Crippen LogP contribution in [0.2, 0.25) is 0 Å². The molecule has 4 aromatic rings. The van der Waals surface area contributed by atoms with Crippen LogP contribution in [0, 0.1) is 0 Å². The van der Waals surface area contributed by atoms with E-state index in [0.717, 1.165) is 27.7 Å². The quantitative estimate of drug-likeness (QED) is 0.576. The Bertz CT molecular complexity index is 932. The highest BCUT2D eigenvalue weighted by atomic mass is 16.3. The third-order valence-corrected chi connectivity index (χ3v) is 3.61. The fourth-order valence-electron chi connectivity index (χ4n) is 2.50. The molecule has 0 saturated carbocycles. The van der Waals surface area contributed by atoms with Crippen molar-refractivity contribution >= 4 is 23.1 Å². The van der Waals surface area contributed by atoms with Gasteiger partial charge in [-0.2, -0.15) is 0 Å². The van der Waals surface area contributed by atoms with Gasteiger partial charge in [-0.3, -0.25) is 0 Å². The Kier molecular flexibility index (Phi) is 3.09. The van der Waals surface area contributed by atoms with E-state index in [2.05, 4.69) is 22.1 Å². The molecule has 0 amide bonds. The van der Waals surface area contributed by atoms with Crippen molar-refractivity contribution in [1.29, 1.82) is 0 Å². The molecular formula is C19H14N2O. The Labute approximate surface area is 127 Å². The predicted molar refractivity (Wildman–Crippen MR) is 89.2 cm³/mol. The molecule has 1 N–H and O–H groups in total. The van der Waals surface area contributed by atoms with Crippen molar-refractivity contribution in [2.24, 2.45) is 0 Å². The molecule has 106 valence electrons. The summed E-state index contributed by atoms with van der Waals surface area (Å²) in [5, 5.41) is 1.15. The molecule has 3 heteroatoms. The molecule has 0 unspecified atom stereocenters. The van der Waals surface area contributed by atoms with Crippen LogP contribution in [-0.4, -0.2) is 9.97 Å². The average molecular weight is 286 g/mol. The molecule has 4 rings (SSSR count). The van der Waals surface area contributed by atoms with Crippen LogP contribution in [0.25, 0.3) is 34.3 Å². The van der Waals surface area contributed by atoms with Gasteiger partial charge in [0.1, 0.15) is 12.0 Å². The van der Waals surface area contributed by atoms with Crippen molar-refractivity contribution in [1.82, 2.24) is 9.97 Å². The number of H-pyrrole nitrogens is 1. The molecule has 0 aliphatic heterocycles. The van der Waals surface area contributed by atoms with E-state index in [1.54, 1.807) is 6.26 Å². The topological polar surface area (TPSA) is 41.8 Å². The monoisotopic (exact) mass is 286 g/mol. The number of aromatic amines is 1.